The van der Waals surface area contributed by atoms with Crippen molar-refractivity contribution in [3.05, 3.63) is 42.0 Å². The molecule has 0 fully saturated rings. The third kappa shape index (κ3) is 2.11. The standard InChI is InChI=1S/C14H17NO2/c1-10-8-15(11(2)9-17-3)14(16)13-7-5-4-6-12(10)13/h4-7,11H,1,8-9H2,2-3H3/t11-/m0/s1. The van der Waals surface area contributed by atoms with E-state index < -0.39 is 0 Å². The highest BCUT2D eigenvalue weighted by Gasteiger charge is 2.29. The van der Waals surface area contributed by atoms with Crippen LogP contribution in [-0.2, 0) is 4.74 Å². The lowest BCUT2D eigenvalue weighted by molar-refractivity contribution is 0.0591. The van der Waals surface area contributed by atoms with E-state index in [1.807, 2.05) is 36.1 Å². The average molecular weight is 231 g/mol. The second kappa shape index (κ2) is 4.72. The highest BCUT2D eigenvalue weighted by atomic mass is 16.5. The molecule has 0 radical (unpaired) electrons. The largest absolute Gasteiger partial charge is 0.383 e. The summed E-state index contributed by atoms with van der Waals surface area (Å²) in [6.07, 6.45) is 0. The molecule has 90 valence electrons. The molecule has 0 bridgehead atoms. The van der Waals surface area contributed by atoms with Crippen molar-refractivity contribution in [2.75, 3.05) is 20.3 Å². The summed E-state index contributed by atoms with van der Waals surface area (Å²) in [5, 5.41) is 0. The van der Waals surface area contributed by atoms with Crippen LogP contribution in [0, 0.1) is 0 Å². The summed E-state index contributed by atoms with van der Waals surface area (Å²) in [5.74, 6) is 0.0672. The minimum atomic E-state index is 0.0672. The van der Waals surface area contributed by atoms with Gasteiger partial charge in [-0.15, -0.1) is 0 Å². The van der Waals surface area contributed by atoms with Crippen LogP contribution in [0.15, 0.2) is 30.8 Å². The molecule has 1 heterocycles. The Labute approximate surface area is 102 Å². The zero-order valence-corrected chi connectivity index (χ0v) is 10.3. The van der Waals surface area contributed by atoms with Crippen molar-refractivity contribution in [2.24, 2.45) is 0 Å². The molecule has 1 aliphatic heterocycles. The van der Waals surface area contributed by atoms with Crippen molar-refractivity contribution in [1.82, 2.24) is 4.90 Å². The highest BCUT2D eigenvalue weighted by molar-refractivity contribution is 6.02. The predicted octanol–water partition coefficient (Wildman–Crippen LogP) is 2.19. The number of nitrogens with zero attached hydrogens (tertiary/aromatic N) is 1. The van der Waals surface area contributed by atoms with Gasteiger partial charge in [-0.1, -0.05) is 24.8 Å². The van der Waals surface area contributed by atoms with Crippen LogP contribution in [0.3, 0.4) is 0 Å². The third-order valence-corrected chi connectivity index (χ3v) is 3.10. The zero-order valence-electron chi connectivity index (χ0n) is 10.3. The van der Waals surface area contributed by atoms with Gasteiger partial charge in [0.05, 0.1) is 12.6 Å². The lowest BCUT2D eigenvalue weighted by Crippen LogP contribution is -2.44. The van der Waals surface area contributed by atoms with Crippen molar-refractivity contribution in [2.45, 2.75) is 13.0 Å². The number of hydrogen-bond donors (Lipinski definition) is 0. The predicted molar refractivity (Wildman–Crippen MR) is 67.9 cm³/mol. The molecular weight excluding hydrogens is 214 g/mol. The lowest BCUT2D eigenvalue weighted by Gasteiger charge is -2.34. The van der Waals surface area contributed by atoms with Gasteiger partial charge in [0.1, 0.15) is 0 Å². The van der Waals surface area contributed by atoms with E-state index >= 15 is 0 Å². The highest BCUT2D eigenvalue weighted by Crippen LogP contribution is 2.27. The topological polar surface area (TPSA) is 29.5 Å². The van der Waals surface area contributed by atoms with E-state index in [0.29, 0.717) is 13.2 Å². The fraction of sp³-hybridized carbons (Fsp3) is 0.357. The van der Waals surface area contributed by atoms with E-state index in [9.17, 15) is 4.79 Å². The minimum absolute atomic E-state index is 0.0672. The van der Waals surface area contributed by atoms with Gasteiger partial charge in [-0.25, -0.2) is 0 Å². The fourth-order valence-electron chi connectivity index (χ4n) is 2.18. The second-order valence-electron chi connectivity index (χ2n) is 4.39. The van der Waals surface area contributed by atoms with Gasteiger partial charge >= 0.3 is 0 Å². The maximum atomic E-state index is 12.3. The van der Waals surface area contributed by atoms with Gasteiger partial charge in [0, 0.05) is 19.2 Å². The Bertz CT molecular complexity index is 453. The average Bonchev–Trinajstić information content (AvgIpc) is 2.34. The van der Waals surface area contributed by atoms with E-state index in [1.165, 1.54) is 0 Å². The van der Waals surface area contributed by atoms with Crippen LogP contribution in [0.5, 0.6) is 0 Å². The number of methoxy groups -OCH3 is 1. The number of fused-ring (bicyclic) bond motifs is 1. The Morgan fingerprint density at radius 1 is 1.41 bits per heavy atom. The van der Waals surface area contributed by atoms with Crippen LogP contribution in [-0.4, -0.2) is 37.1 Å². The molecular formula is C14H17NO2. The molecule has 1 aromatic carbocycles. The molecule has 0 saturated heterocycles. The molecule has 1 atom stereocenters. The van der Waals surface area contributed by atoms with Gasteiger partial charge in [0.25, 0.3) is 5.91 Å². The van der Waals surface area contributed by atoms with Gasteiger partial charge in [-0.2, -0.15) is 0 Å². The molecule has 0 aromatic heterocycles. The van der Waals surface area contributed by atoms with Crippen molar-refractivity contribution in [3.63, 3.8) is 0 Å². The summed E-state index contributed by atoms with van der Waals surface area (Å²) in [5.41, 5.74) is 2.70. The van der Waals surface area contributed by atoms with Crippen molar-refractivity contribution < 1.29 is 9.53 Å². The van der Waals surface area contributed by atoms with E-state index in [0.717, 1.165) is 16.7 Å². The number of rotatable bonds is 3. The summed E-state index contributed by atoms with van der Waals surface area (Å²) in [6.45, 7) is 7.16. The Morgan fingerprint density at radius 3 is 2.71 bits per heavy atom. The molecule has 0 unspecified atom stereocenters. The number of ether oxygens (including phenoxy) is 1. The van der Waals surface area contributed by atoms with Gasteiger partial charge in [-0.3, -0.25) is 4.79 Å². The zero-order chi connectivity index (χ0) is 12.4. The van der Waals surface area contributed by atoms with Gasteiger partial charge in [0.2, 0.25) is 0 Å². The van der Waals surface area contributed by atoms with Crippen molar-refractivity contribution in [1.29, 1.82) is 0 Å². The number of benzene rings is 1. The van der Waals surface area contributed by atoms with Gasteiger partial charge in [0.15, 0.2) is 0 Å². The smallest absolute Gasteiger partial charge is 0.255 e. The van der Waals surface area contributed by atoms with E-state index in [-0.39, 0.29) is 11.9 Å². The molecule has 1 aliphatic rings. The molecule has 0 saturated carbocycles. The minimum Gasteiger partial charge on any atom is -0.383 e. The number of carbonyl (C=O) groups excluding carboxylic acids is 1. The molecule has 3 heteroatoms. The quantitative estimate of drug-likeness (QED) is 0.798. The summed E-state index contributed by atoms with van der Waals surface area (Å²) in [4.78, 5) is 14.1. The molecule has 1 amide bonds. The van der Waals surface area contributed by atoms with Gasteiger partial charge < -0.3 is 9.64 Å². The molecule has 0 spiro atoms. The first-order valence-corrected chi connectivity index (χ1v) is 5.72. The van der Waals surface area contributed by atoms with Gasteiger partial charge in [-0.05, 0) is 24.1 Å². The van der Waals surface area contributed by atoms with Crippen LogP contribution in [0.25, 0.3) is 5.57 Å². The van der Waals surface area contributed by atoms with Crippen LogP contribution < -0.4 is 0 Å². The van der Waals surface area contributed by atoms with Crippen LogP contribution >= 0.6 is 0 Å². The first-order chi connectivity index (χ1) is 8.15. The third-order valence-electron chi connectivity index (χ3n) is 3.10. The van der Waals surface area contributed by atoms with Crippen LogP contribution in [0.4, 0.5) is 0 Å². The second-order valence-corrected chi connectivity index (χ2v) is 4.39. The fourth-order valence-corrected chi connectivity index (χ4v) is 2.18. The van der Waals surface area contributed by atoms with Crippen molar-refractivity contribution >= 4 is 11.5 Å². The maximum Gasteiger partial charge on any atom is 0.255 e. The first kappa shape index (κ1) is 11.9. The molecule has 3 nitrogen and oxygen atoms in total. The molecule has 0 N–H and O–H groups in total. The number of amides is 1. The Hall–Kier alpha value is -1.61. The molecule has 2 rings (SSSR count). The molecule has 0 aliphatic carbocycles. The van der Waals surface area contributed by atoms with Crippen molar-refractivity contribution in [3.8, 4) is 0 Å². The van der Waals surface area contributed by atoms with Crippen LogP contribution in [0.2, 0.25) is 0 Å². The van der Waals surface area contributed by atoms with Crippen LogP contribution in [0.1, 0.15) is 22.8 Å². The van der Waals surface area contributed by atoms with E-state index in [4.69, 9.17) is 4.74 Å². The van der Waals surface area contributed by atoms with E-state index in [1.54, 1.807) is 7.11 Å². The molecule has 1 aromatic rings. The summed E-state index contributed by atoms with van der Waals surface area (Å²) in [7, 11) is 1.65. The number of hydrogen-bond acceptors (Lipinski definition) is 2. The molecule has 17 heavy (non-hydrogen) atoms. The lowest BCUT2D eigenvalue weighted by atomic mass is 9.94. The first-order valence-electron chi connectivity index (χ1n) is 5.72. The normalized spacial score (nSPS) is 16.9. The Kier molecular flexibility index (Phi) is 3.29. The summed E-state index contributed by atoms with van der Waals surface area (Å²) in [6, 6.07) is 7.69. The Balaban J connectivity index is 2.33. The van der Waals surface area contributed by atoms with E-state index in [2.05, 4.69) is 6.58 Å². The summed E-state index contributed by atoms with van der Waals surface area (Å²) >= 11 is 0. The maximum absolute atomic E-state index is 12.3. The monoisotopic (exact) mass is 231 g/mol. The Morgan fingerprint density at radius 2 is 2.06 bits per heavy atom. The SMILES string of the molecule is C=C1CN([C@@H](C)COC)C(=O)c2ccccc21. The summed E-state index contributed by atoms with van der Waals surface area (Å²) < 4.78 is 5.10. The number of carbonyl (C=O) groups is 1.